The van der Waals surface area contributed by atoms with E-state index in [9.17, 15) is 4.79 Å². The monoisotopic (exact) mass is 353 g/mol. The molecule has 1 atom stereocenters. The molecule has 0 radical (unpaired) electrons. The van der Waals surface area contributed by atoms with Crippen LogP contribution < -0.4 is 10.6 Å². The second-order valence-corrected chi connectivity index (χ2v) is 6.81. The third-order valence-corrected chi connectivity index (χ3v) is 4.79. The third kappa shape index (κ3) is 5.26. The van der Waals surface area contributed by atoms with Crippen molar-refractivity contribution in [2.24, 2.45) is 5.92 Å². The summed E-state index contributed by atoms with van der Waals surface area (Å²) in [6, 6.07) is 9.91. The number of likely N-dealkylation sites (tertiary alicyclic amines) is 1. The maximum absolute atomic E-state index is 12.1. The van der Waals surface area contributed by atoms with Gasteiger partial charge in [-0.2, -0.15) is 0 Å². The number of carbonyl (C=O) groups excluding carboxylic acids is 1. The summed E-state index contributed by atoms with van der Waals surface area (Å²) in [4.78, 5) is 22.7. The number of amides is 1. The van der Waals surface area contributed by atoms with E-state index in [-0.39, 0.29) is 5.91 Å². The number of likely N-dealkylation sites (N-methyl/N-ethyl adjacent to an activating group) is 1. The average Bonchev–Trinajstić information content (AvgIpc) is 2.68. The van der Waals surface area contributed by atoms with Gasteiger partial charge >= 0.3 is 0 Å². The van der Waals surface area contributed by atoms with E-state index in [1.807, 2.05) is 36.3 Å². The van der Waals surface area contributed by atoms with Gasteiger partial charge in [-0.3, -0.25) is 4.79 Å². The topological polar surface area (TPSA) is 70.2 Å². The molecule has 26 heavy (non-hydrogen) atoms. The number of hydrogen-bond donors (Lipinski definition) is 2. The van der Waals surface area contributed by atoms with E-state index in [0.717, 1.165) is 44.0 Å². The summed E-state index contributed by atoms with van der Waals surface area (Å²) >= 11 is 0. The Kier molecular flexibility index (Phi) is 6.55. The number of nitrogens with one attached hydrogen (secondary N) is 2. The van der Waals surface area contributed by atoms with Crippen LogP contribution in [0.4, 0.5) is 11.6 Å². The fourth-order valence-corrected chi connectivity index (χ4v) is 3.43. The number of piperidine rings is 1. The van der Waals surface area contributed by atoms with Crippen molar-refractivity contribution >= 4 is 17.5 Å². The molecular weight excluding hydrogens is 326 g/mol. The first-order chi connectivity index (χ1) is 12.7. The first-order valence-electron chi connectivity index (χ1n) is 9.30. The zero-order valence-electron chi connectivity index (χ0n) is 15.3. The van der Waals surface area contributed by atoms with E-state index >= 15 is 0 Å². The van der Waals surface area contributed by atoms with Crippen molar-refractivity contribution < 1.29 is 4.79 Å². The fraction of sp³-hybridized carbons (Fsp3) is 0.450. The normalized spacial score (nSPS) is 17.1. The lowest BCUT2D eigenvalue weighted by molar-refractivity contribution is -0.131. The Morgan fingerprint density at radius 3 is 2.92 bits per heavy atom. The van der Waals surface area contributed by atoms with Crippen LogP contribution in [0.1, 0.15) is 24.8 Å². The molecule has 1 saturated heterocycles. The van der Waals surface area contributed by atoms with Gasteiger partial charge < -0.3 is 15.5 Å². The molecule has 1 aliphatic heterocycles. The van der Waals surface area contributed by atoms with E-state index in [2.05, 4.69) is 32.7 Å². The van der Waals surface area contributed by atoms with Gasteiger partial charge in [0.05, 0.1) is 6.54 Å². The molecule has 0 aromatic carbocycles. The SMILES string of the molecule is CNCC(=O)N1CCC[C@H](CCc2ccnc(Nc3ccccn3)c2)C1. The van der Waals surface area contributed by atoms with Crippen LogP contribution in [-0.4, -0.2) is 47.5 Å². The van der Waals surface area contributed by atoms with Crippen LogP contribution in [0.5, 0.6) is 0 Å². The fourth-order valence-electron chi connectivity index (χ4n) is 3.43. The number of hydrogen-bond acceptors (Lipinski definition) is 5. The molecule has 0 saturated carbocycles. The first kappa shape index (κ1) is 18.3. The minimum atomic E-state index is 0.211. The molecular formula is C20H27N5O. The highest BCUT2D eigenvalue weighted by Gasteiger charge is 2.22. The molecule has 0 unspecified atom stereocenters. The van der Waals surface area contributed by atoms with Crippen molar-refractivity contribution in [2.75, 3.05) is 32.0 Å². The predicted octanol–water partition coefficient (Wildman–Crippen LogP) is 2.61. The van der Waals surface area contributed by atoms with E-state index < -0.39 is 0 Å². The van der Waals surface area contributed by atoms with Gasteiger partial charge in [0, 0.05) is 25.5 Å². The van der Waals surface area contributed by atoms with E-state index in [1.165, 1.54) is 12.0 Å². The van der Waals surface area contributed by atoms with Gasteiger partial charge in [0.2, 0.25) is 5.91 Å². The maximum Gasteiger partial charge on any atom is 0.236 e. The van der Waals surface area contributed by atoms with Crippen molar-refractivity contribution in [1.82, 2.24) is 20.2 Å². The molecule has 2 aromatic heterocycles. The summed E-state index contributed by atoms with van der Waals surface area (Å²) in [6.45, 7) is 2.20. The highest BCUT2D eigenvalue weighted by Crippen LogP contribution is 2.22. The predicted molar refractivity (Wildman–Crippen MR) is 103 cm³/mol. The smallest absolute Gasteiger partial charge is 0.236 e. The summed E-state index contributed by atoms with van der Waals surface area (Å²) in [5.41, 5.74) is 1.26. The maximum atomic E-state index is 12.1. The molecule has 2 N–H and O–H groups in total. The lowest BCUT2D eigenvalue weighted by Crippen LogP contribution is -2.43. The van der Waals surface area contributed by atoms with Crippen LogP contribution in [0.3, 0.4) is 0 Å². The molecule has 3 heterocycles. The number of nitrogens with zero attached hydrogens (tertiary/aromatic N) is 3. The molecule has 2 aromatic rings. The van der Waals surface area contributed by atoms with Gasteiger partial charge in [0.15, 0.2) is 0 Å². The molecule has 138 valence electrons. The molecule has 6 nitrogen and oxygen atoms in total. The zero-order valence-corrected chi connectivity index (χ0v) is 15.3. The summed E-state index contributed by atoms with van der Waals surface area (Å²) < 4.78 is 0. The number of rotatable bonds is 7. The average molecular weight is 353 g/mol. The molecule has 1 aliphatic rings. The number of anilines is 2. The quantitative estimate of drug-likeness (QED) is 0.801. The van der Waals surface area contributed by atoms with E-state index in [1.54, 1.807) is 6.20 Å². The highest BCUT2D eigenvalue weighted by atomic mass is 16.2. The number of pyridine rings is 2. The van der Waals surface area contributed by atoms with Gasteiger partial charge in [-0.1, -0.05) is 6.07 Å². The van der Waals surface area contributed by atoms with Crippen LogP contribution >= 0.6 is 0 Å². The number of aryl methyl sites for hydroxylation is 1. The van der Waals surface area contributed by atoms with Gasteiger partial charge in [0.25, 0.3) is 0 Å². The van der Waals surface area contributed by atoms with Crippen molar-refractivity contribution in [2.45, 2.75) is 25.7 Å². The molecule has 0 bridgehead atoms. The van der Waals surface area contributed by atoms with Gasteiger partial charge in [-0.25, -0.2) is 9.97 Å². The van der Waals surface area contributed by atoms with Crippen LogP contribution in [0.25, 0.3) is 0 Å². The Hall–Kier alpha value is -2.47. The van der Waals surface area contributed by atoms with E-state index in [4.69, 9.17) is 0 Å². The zero-order chi connectivity index (χ0) is 18.2. The van der Waals surface area contributed by atoms with Crippen molar-refractivity contribution in [3.05, 3.63) is 48.3 Å². The Morgan fingerprint density at radius 2 is 2.12 bits per heavy atom. The third-order valence-electron chi connectivity index (χ3n) is 4.79. The van der Waals surface area contributed by atoms with E-state index in [0.29, 0.717) is 12.5 Å². The Labute approximate surface area is 155 Å². The number of aromatic nitrogens is 2. The second-order valence-electron chi connectivity index (χ2n) is 6.81. The molecule has 6 heteroatoms. The molecule has 0 aliphatic carbocycles. The minimum absolute atomic E-state index is 0.211. The van der Waals surface area contributed by atoms with Gasteiger partial charge in [-0.05, 0) is 68.5 Å². The highest BCUT2D eigenvalue weighted by molar-refractivity contribution is 5.78. The molecule has 1 amide bonds. The summed E-state index contributed by atoms with van der Waals surface area (Å²) in [5, 5.41) is 6.19. The summed E-state index contributed by atoms with van der Waals surface area (Å²) in [6.07, 6.45) is 7.99. The summed E-state index contributed by atoms with van der Waals surface area (Å²) in [5.74, 6) is 2.40. The van der Waals surface area contributed by atoms with Crippen molar-refractivity contribution in [1.29, 1.82) is 0 Å². The van der Waals surface area contributed by atoms with Crippen LogP contribution in [0.15, 0.2) is 42.7 Å². The first-order valence-corrected chi connectivity index (χ1v) is 9.30. The minimum Gasteiger partial charge on any atom is -0.341 e. The second kappa shape index (κ2) is 9.29. The Morgan fingerprint density at radius 1 is 1.23 bits per heavy atom. The van der Waals surface area contributed by atoms with Crippen LogP contribution in [0.2, 0.25) is 0 Å². The molecule has 1 fully saturated rings. The lowest BCUT2D eigenvalue weighted by Gasteiger charge is -2.33. The summed E-state index contributed by atoms with van der Waals surface area (Å²) in [7, 11) is 1.82. The van der Waals surface area contributed by atoms with Gasteiger partial charge in [0.1, 0.15) is 11.6 Å². The molecule has 3 rings (SSSR count). The largest absolute Gasteiger partial charge is 0.341 e. The Balaban J connectivity index is 1.53. The van der Waals surface area contributed by atoms with Crippen molar-refractivity contribution in [3.63, 3.8) is 0 Å². The molecule has 0 spiro atoms. The number of carbonyl (C=O) groups is 1. The van der Waals surface area contributed by atoms with Crippen molar-refractivity contribution in [3.8, 4) is 0 Å². The van der Waals surface area contributed by atoms with Crippen LogP contribution in [0, 0.1) is 5.92 Å². The lowest BCUT2D eigenvalue weighted by atomic mass is 9.91. The van der Waals surface area contributed by atoms with Crippen LogP contribution in [-0.2, 0) is 11.2 Å². The van der Waals surface area contributed by atoms with Gasteiger partial charge in [-0.15, -0.1) is 0 Å². The Bertz CT molecular complexity index is 706. The standard InChI is InChI=1S/C20H27N5O/c1-21-14-20(26)25-12-4-5-17(15-25)8-7-16-9-11-23-19(13-16)24-18-6-2-3-10-22-18/h2-3,6,9-11,13,17,21H,4-5,7-8,12,14-15H2,1H3,(H,22,23,24)/t17-/m1/s1.